The van der Waals surface area contributed by atoms with Gasteiger partial charge in [-0.15, -0.1) is 0 Å². The van der Waals surface area contributed by atoms with Crippen LogP contribution in [0.1, 0.15) is 5.76 Å². The van der Waals surface area contributed by atoms with E-state index in [1.807, 2.05) is 24.3 Å². The van der Waals surface area contributed by atoms with Gasteiger partial charge in [0.25, 0.3) is 11.8 Å². The van der Waals surface area contributed by atoms with Gasteiger partial charge in [-0.25, -0.2) is 5.01 Å². The van der Waals surface area contributed by atoms with E-state index < -0.39 is 11.8 Å². The zero-order valence-corrected chi connectivity index (χ0v) is 16.1. The molecule has 2 heterocycles. The number of furan rings is 1. The van der Waals surface area contributed by atoms with Crippen LogP contribution >= 0.6 is 27.5 Å². The molecule has 1 aliphatic heterocycles. The highest BCUT2D eigenvalue weighted by atomic mass is 79.9. The fourth-order valence-corrected chi connectivity index (χ4v) is 3.06. The van der Waals surface area contributed by atoms with Crippen molar-refractivity contribution >= 4 is 51.1 Å². The van der Waals surface area contributed by atoms with Crippen LogP contribution in [0.5, 0.6) is 0 Å². The van der Waals surface area contributed by atoms with Gasteiger partial charge in [-0.2, -0.15) is 0 Å². The van der Waals surface area contributed by atoms with E-state index in [2.05, 4.69) is 21.4 Å². The maximum Gasteiger partial charge on any atom is 0.282 e. The predicted molar refractivity (Wildman–Crippen MR) is 107 cm³/mol. The highest BCUT2D eigenvalue weighted by Gasteiger charge is 2.34. The fourth-order valence-electron chi connectivity index (χ4n) is 2.67. The molecular formula is C20H12BrClN2O3. The Balaban J connectivity index is 1.60. The van der Waals surface area contributed by atoms with Crippen molar-refractivity contribution in [2.75, 3.05) is 5.01 Å². The van der Waals surface area contributed by atoms with E-state index in [1.54, 1.807) is 36.4 Å². The zero-order valence-electron chi connectivity index (χ0n) is 13.8. The number of nitrogens with one attached hydrogen (secondary N) is 1. The van der Waals surface area contributed by atoms with Crippen molar-refractivity contribution in [2.24, 2.45) is 0 Å². The highest BCUT2D eigenvalue weighted by Crippen LogP contribution is 2.27. The van der Waals surface area contributed by atoms with Crippen LogP contribution in [0.25, 0.3) is 17.4 Å². The molecular weight excluding hydrogens is 432 g/mol. The average molecular weight is 444 g/mol. The van der Waals surface area contributed by atoms with Gasteiger partial charge in [0.2, 0.25) is 0 Å². The molecule has 5 nitrogen and oxygen atoms in total. The molecule has 1 N–H and O–H groups in total. The standard InChI is InChI=1S/C20H12BrClN2O3/c21-13-3-1-12(2-4-13)18-10-9-16(27-18)11-17-19(25)23-24(20(17)26)15-7-5-14(22)6-8-15/h1-11H,(H,23,25)/b17-11-. The van der Waals surface area contributed by atoms with Gasteiger partial charge in [0.15, 0.2) is 0 Å². The van der Waals surface area contributed by atoms with Crippen LogP contribution in [0, 0.1) is 0 Å². The van der Waals surface area contributed by atoms with Crippen LogP contribution in [-0.4, -0.2) is 11.8 Å². The minimum Gasteiger partial charge on any atom is -0.457 e. The third-order valence-electron chi connectivity index (χ3n) is 4.02. The number of hydrogen-bond donors (Lipinski definition) is 1. The first-order valence-electron chi connectivity index (χ1n) is 8.00. The second-order valence-corrected chi connectivity index (χ2v) is 7.18. The Morgan fingerprint density at radius 1 is 0.963 bits per heavy atom. The number of carbonyl (C=O) groups is 2. The summed E-state index contributed by atoms with van der Waals surface area (Å²) in [5.41, 5.74) is 3.96. The van der Waals surface area contributed by atoms with Crippen LogP contribution in [0.4, 0.5) is 5.69 Å². The van der Waals surface area contributed by atoms with Crippen molar-refractivity contribution in [1.29, 1.82) is 0 Å². The minimum absolute atomic E-state index is 0.00153. The molecule has 2 amide bonds. The minimum atomic E-state index is -0.489. The summed E-state index contributed by atoms with van der Waals surface area (Å²) in [5, 5.41) is 1.73. The van der Waals surface area contributed by atoms with Crippen LogP contribution < -0.4 is 10.4 Å². The van der Waals surface area contributed by atoms with Crippen molar-refractivity contribution < 1.29 is 14.0 Å². The van der Waals surface area contributed by atoms with E-state index in [4.69, 9.17) is 16.0 Å². The van der Waals surface area contributed by atoms with Gasteiger partial charge in [-0.3, -0.25) is 15.0 Å². The van der Waals surface area contributed by atoms with Crippen molar-refractivity contribution in [1.82, 2.24) is 5.43 Å². The molecule has 1 aromatic heterocycles. The topological polar surface area (TPSA) is 62.6 Å². The SMILES string of the molecule is O=C1NN(c2ccc(Cl)cc2)C(=O)/C1=C\c1ccc(-c2ccc(Br)cc2)o1. The smallest absolute Gasteiger partial charge is 0.282 e. The molecule has 0 radical (unpaired) electrons. The van der Waals surface area contributed by atoms with Crippen molar-refractivity contribution in [3.05, 3.63) is 81.5 Å². The number of carbonyl (C=O) groups excluding carboxylic acids is 2. The first-order chi connectivity index (χ1) is 13.0. The van der Waals surface area contributed by atoms with Crippen LogP contribution in [0.2, 0.25) is 5.02 Å². The summed E-state index contributed by atoms with van der Waals surface area (Å²) in [6.07, 6.45) is 1.44. The normalized spacial score (nSPS) is 15.5. The van der Waals surface area contributed by atoms with E-state index >= 15 is 0 Å². The van der Waals surface area contributed by atoms with E-state index in [9.17, 15) is 9.59 Å². The van der Waals surface area contributed by atoms with Gasteiger partial charge in [-0.05, 0) is 54.6 Å². The van der Waals surface area contributed by atoms with Gasteiger partial charge >= 0.3 is 0 Å². The lowest BCUT2D eigenvalue weighted by Gasteiger charge is -2.14. The van der Waals surface area contributed by atoms with Gasteiger partial charge in [0, 0.05) is 15.1 Å². The number of hydrazine groups is 1. The number of amides is 2. The average Bonchev–Trinajstić information content (AvgIpc) is 3.23. The third-order valence-corrected chi connectivity index (χ3v) is 4.80. The Labute approximate surface area is 168 Å². The van der Waals surface area contributed by atoms with Gasteiger partial charge < -0.3 is 4.42 Å². The quantitative estimate of drug-likeness (QED) is 0.466. The molecule has 7 heteroatoms. The van der Waals surface area contributed by atoms with E-state index in [-0.39, 0.29) is 5.57 Å². The molecule has 0 spiro atoms. The molecule has 27 heavy (non-hydrogen) atoms. The summed E-state index contributed by atoms with van der Waals surface area (Å²) in [7, 11) is 0. The molecule has 0 unspecified atom stereocenters. The Morgan fingerprint density at radius 2 is 1.67 bits per heavy atom. The maximum atomic E-state index is 12.6. The lowest BCUT2D eigenvalue weighted by molar-refractivity contribution is -0.117. The van der Waals surface area contributed by atoms with E-state index in [0.29, 0.717) is 22.2 Å². The Morgan fingerprint density at radius 3 is 2.37 bits per heavy atom. The highest BCUT2D eigenvalue weighted by molar-refractivity contribution is 9.10. The van der Waals surface area contributed by atoms with Gasteiger partial charge in [0.1, 0.15) is 17.1 Å². The van der Waals surface area contributed by atoms with Gasteiger partial charge in [-0.1, -0.05) is 39.7 Å². The molecule has 1 saturated heterocycles. The van der Waals surface area contributed by atoms with Crippen molar-refractivity contribution in [3.8, 4) is 11.3 Å². The predicted octanol–water partition coefficient (Wildman–Crippen LogP) is 4.82. The summed E-state index contributed by atoms with van der Waals surface area (Å²) >= 11 is 9.25. The number of halogens is 2. The molecule has 4 rings (SSSR count). The summed E-state index contributed by atoms with van der Waals surface area (Å²) in [5.74, 6) is 0.125. The molecule has 2 aromatic carbocycles. The molecule has 1 aliphatic rings. The van der Waals surface area contributed by atoms with E-state index in [0.717, 1.165) is 10.0 Å². The molecule has 0 saturated carbocycles. The molecule has 1 fully saturated rings. The Bertz CT molecular complexity index is 1060. The van der Waals surface area contributed by atoms with Crippen molar-refractivity contribution in [3.63, 3.8) is 0 Å². The number of benzene rings is 2. The monoisotopic (exact) mass is 442 g/mol. The summed E-state index contributed by atoms with van der Waals surface area (Å²) in [6, 6.07) is 17.8. The van der Waals surface area contributed by atoms with Crippen molar-refractivity contribution in [2.45, 2.75) is 0 Å². The van der Waals surface area contributed by atoms with Crippen LogP contribution in [0.3, 0.4) is 0 Å². The Hall–Kier alpha value is -2.83. The van der Waals surface area contributed by atoms with Crippen LogP contribution in [-0.2, 0) is 9.59 Å². The number of nitrogens with zero attached hydrogens (tertiary/aromatic N) is 1. The molecule has 0 atom stereocenters. The second kappa shape index (κ2) is 7.06. The Kier molecular flexibility index (Phi) is 4.59. The maximum absolute atomic E-state index is 12.6. The molecule has 134 valence electrons. The molecule has 0 bridgehead atoms. The first kappa shape index (κ1) is 17.6. The zero-order chi connectivity index (χ0) is 19.0. The fraction of sp³-hybridized carbons (Fsp3) is 0. The number of hydrogen-bond acceptors (Lipinski definition) is 3. The number of anilines is 1. The van der Waals surface area contributed by atoms with Crippen LogP contribution in [0.15, 0.2) is 75.1 Å². The second-order valence-electron chi connectivity index (χ2n) is 5.82. The third kappa shape index (κ3) is 3.54. The molecule has 3 aromatic rings. The lowest BCUT2D eigenvalue weighted by atomic mass is 10.2. The van der Waals surface area contributed by atoms with Gasteiger partial charge in [0.05, 0.1) is 5.69 Å². The summed E-state index contributed by atoms with van der Waals surface area (Å²) in [6.45, 7) is 0. The van der Waals surface area contributed by atoms with E-state index in [1.165, 1.54) is 11.1 Å². The number of rotatable bonds is 3. The lowest BCUT2D eigenvalue weighted by Crippen LogP contribution is -2.35. The first-order valence-corrected chi connectivity index (χ1v) is 9.17. The largest absolute Gasteiger partial charge is 0.457 e. The molecule has 0 aliphatic carbocycles. The summed E-state index contributed by atoms with van der Waals surface area (Å²) in [4.78, 5) is 24.9. The summed E-state index contributed by atoms with van der Waals surface area (Å²) < 4.78 is 6.73.